The summed E-state index contributed by atoms with van der Waals surface area (Å²) in [7, 11) is 0.866. The molecule has 1 saturated heterocycles. The Kier molecular flexibility index (Phi) is 11.6. The standard InChI is InChI=1S/C17H32N3P.C2H6/c1-3-4-5-6-7-8-11-19-12-9-16(10-13-19)20-15-17(21-2)14-18-20;1-2/h14-16,21H,3-13H2,1-2H3;1-2H3. The molecule has 1 atom stereocenters. The molecule has 0 aliphatic carbocycles. The van der Waals surface area contributed by atoms with Crippen LogP contribution in [0.3, 0.4) is 0 Å². The van der Waals surface area contributed by atoms with Crippen LogP contribution in [0.5, 0.6) is 0 Å². The lowest BCUT2D eigenvalue weighted by Gasteiger charge is -2.32. The lowest BCUT2D eigenvalue weighted by atomic mass is 10.0. The molecule has 1 fully saturated rings. The second kappa shape index (κ2) is 13.0. The van der Waals surface area contributed by atoms with Crippen LogP contribution in [0.25, 0.3) is 0 Å². The monoisotopic (exact) mass is 339 g/mol. The quantitative estimate of drug-likeness (QED) is 0.474. The van der Waals surface area contributed by atoms with E-state index in [-0.39, 0.29) is 0 Å². The summed E-state index contributed by atoms with van der Waals surface area (Å²) in [5.74, 6) is 0. The van der Waals surface area contributed by atoms with Gasteiger partial charge in [-0.2, -0.15) is 5.10 Å². The van der Waals surface area contributed by atoms with E-state index in [1.54, 1.807) is 0 Å². The molecule has 23 heavy (non-hydrogen) atoms. The maximum atomic E-state index is 4.54. The largest absolute Gasteiger partial charge is 0.303 e. The Balaban J connectivity index is 0.00000127. The van der Waals surface area contributed by atoms with Crippen molar-refractivity contribution in [2.24, 2.45) is 0 Å². The first kappa shape index (κ1) is 20.6. The molecule has 1 aliphatic heterocycles. The van der Waals surface area contributed by atoms with Crippen molar-refractivity contribution in [1.29, 1.82) is 0 Å². The molecule has 2 rings (SSSR count). The maximum absolute atomic E-state index is 4.54. The van der Waals surface area contributed by atoms with Gasteiger partial charge < -0.3 is 4.90 Å². The van der Waals surface area contributed by atoms with Gasteiger partial charge in [-0.3, -0.25) is 4.68 Å². The van der Waals surface area contributed by atoms with Crippen molar-refractivity contribution < 1.29 is 0 Å². The zero-order valence-corrected chi connectivity index (χ0v) is 16.9. The average Bonchev–Trinajstić information content (AvgIpc) is 3.09. The summed E-state index contributed by atoms with van der Waals surface area (Å²) in [5.41, 5.74) is 0. The molecule has 0 aromatic carbocycles. The Bertz CT molecular complexity index is 384. The number of hydrogen-bond donors (Lipinski definition) is 0. The minimum absolute atomic E-state index is 0.635. The Labute approximate surface area is 146 Å². The minimum atomic E-state index is 0.635. The lowest BCUT2D eigenvalue weighted by Crippen LogP contribution is -2.35. The van der Waals surface area contributed by atoms with E-state index in [4.69, 9.17) is 0 Å². The molecule has 0 spiro atoms. The Morgan fingerprint density at radius 2 is 1.74 bits per heavy atom. The lowest BCUT2D eigenvalue weighted by molar-refractivity contribution is 0.177. The molecule has 0 radical (unpaired) electrons. The highest BCUT2D eigenvalue weighted by Gasteiger charge is 2.20. The van der Waals surface area contributed by atoms with Crippen molar-refractivity contribution >= 4 is 13.9 Å². The van der Waals surface area contributed by atoms with Crippen LogP contribution < -0.4 is 5.30 Å². The number of hydrogen-bond acceptors (Lipinski definition) is 2. The molecule has 1 unspecified atom stereocenters. The highest BCUT2D eigenvalue weighted by Crippen LogP contribution is 2.22. The third-order valence-corrected chi connectivity index (χ3v) is 5.48. The summed E-state index contributed by atoms with van der Waals surface area (Å²) in [6, 6.07) is 0.635. The molecule has 1 aliphatic rings. The number of aromatic nitrogens is 2. The van der Waals surface area contributed by atoms with Crippen LogP contribution in [0, 0.1) is 0 Å². The number of likely N-dealkylation sites (tertiary alicyclic amines) is 1. The number of piperidine rings is 1. The summed E-state index contributed by atoms with van der Waals surface area (Å²) < 4.78 is 2.22. The number of unbranched alkanes of at least 4 members (excludes halogenated alkanes) is 5. The van der Waals surface area contributed by atoms with Crippen LogP contribution in [0.2, 0.25) is 0 Å². The molecular formula is C19H38N3P. The van der Waals surface area contributed by atoms with Gasteiger partial charge in [0.15, 0.2) is 0 Å². The number of rotatable bonds is 9. The molecule has 134 valence electrons. The van der Waals surface area contributed by atoms with Crippen LogP contribution in [0.4, 0.5) is 0 Å². The smallest absolute Gasteiger partial charge is 0.0563 e. The summed E-state index contributed by atoms with van der Waals surface area (Å²) in [4.78, 5) is 2.66. The Morgan fingerprint density at radius 1 is 1.09 bits per heavy atom. The third-order valence-electron chi connectivity index (χ3n) is 4.65. The van der Waals surface area contributed by atoms with E-state index >= 15 is 0 Å². The summed E-state index contributed by atoms with van der Waals surface area (Å²) in [6.07, 6.45) is 15.3. The molecule has 2 heterocycles. The second-order valence-electron chi connectivity index (χ2n) is 6.30. The van der Waals surface area contributed by atoms with Gasteiger partial charge in [-0.25, -0.2) is 0 Å². The number of nitrogens with zero attached hydrogens (tertiary/aromatic N) is 3. The molecular weight excluding hydrogens is 301 g/mol. The topological polar surface area (TPSA) is 21.1 Å². The van der Waals surface area contributed by atoms with Gasteiger partial charge in [0.05, 0.1) is 12.2 Å². The predicted octanol–water partition coefficient (Wildman–Crippen LogP) is 4.84. The van der Waals surface area contributed by atoms with Crippen molar-refractivity contribution in [2.45, 2.75) is 78.2 Å². The first-order chi connectivity index (χ1) is 11.3. The van der Waals surface area contributed by atoms with Crippen LogP contribution in [-0.2, 0) is 0 Å². The average molecular weight is 340 g/mol. The van der Waals surface area contributed by atoms with Gasteiger partial charge >= 0.3 is 0 Å². The molecule has 0 N–H and O–H groups in total. The van der Waals surface area contributed by atoms with Crippen molar-refractivity contribution in [2.75, 3.05) is 26.3 Å². The molecule has 4 heteroatoms. The van der Waals surface area contributed by atoms with Crippen molar-refractivity contribution in [3.05, 3.63) is 12.4 Å². The fourth-order valence-corrected chi connectivity index (χ4v) is 3.64. The van der Waals surface area contributed by atoms with E-state index in [1.165, 1.54) is 76.3 Å². The van der Waals surface area contributed by atoms with E-state index in [9.17, 15) is 0 Å². The van der Waals surface area contributed by atoms with Gasteiger partial charge in [0, 0.05) is 24.6 Å². The van der Waals surface area contributed by atoms with Gasteiger partial charge in [0.1, 0.15) is 0 Å². The molecule has 1 aromatic heterocycles. The molecule has 1 aromatic rings. The van der Waals surface area contributed by atoms with Crippen LogP contribution in [-0.4, -0.2) is 41.0 Å². The Hall–Kier alpha value is -0.400. The van der Waals surface area contributed by atoms with Gasteiger partial charge in [-0.1, -0.05) is 61.5 Å². The van der Waals surface area contributed by atoms with E-state index < -0.39 is 0 Å². The zero-order chi connectivity index (χ0) is 16.9. The van der Waals surface area contributed by atoms with Crippen LogP contribution >= 0.6 is 8.58 Å². The predicted molar refractivity (Wildman–Crippen MR) is 106 cm³/mol. The van der Waals surface area contributed by atoms with Gasteiger partial charge in [-0.15, -0.1) is 0 Å². The summed E-state index contributed by atoms with van der Waals surface area (Å²) in [6.45, 7) is 12.3. The van der Waals surface area contributed by atoms with E-state index in [1.807, 2.05) is 20.0 Å². The second-order valence-corrected chi connectivity index (χ2v) is 7.38. The maximum Gasteiger partial charge on any atom is 0.0563 e. The first-order valence-corrected chi connectivity index (χ1v) is 11.3. The SMILES string of the molecule is CC.CCCCCCCCN1CCC(n2cc(PC)cn2)CC1. The fourth-order valence-electron chi connectivity index (χ4n) is 3.19. The van der Waals surface area contributed by atoms with Crippen molar-refractivity contribution in [1.82, 2.24) is 14.7 Å². The zero-order valence-electron chi connectivity index (χ0n) is 15.9. The van der Waals surface area contributed by atoms with E-state index in [0.717, 1.165) is 8.58 Å². The molecule has 3 nitrogen and oxygen atoms in total. The van der Waals surface area contributed by atoms with Crippen molar-refractivity contribution in [3.8, 4) is 0 Å². The highest BCUT2D eigenvalue weighted by atomic mass is 31.1. The normalized spacial score (nSPS) is 16.7. The summed E-state index contributed by atoms with van der Waals surface area (Å²) in [5, 5.41) is 5.94. The molecule has 0 amide bonds. The summed E-state index contributed by atoms with van der Waals surface area (Å²) >= 11 is 0. The van der Waals surface area contributed by atoms with Gasteiger partial charge in [0.25, 0.3) is 0 Å². The third kappa shape index (κ3) is 7.81. The van der Waals surface area contributed by atoms with Gasteiger partial charge in [-0.05, 0) is 32.5 Å². The van der Waals surface area contributed by atoms with Crippen LogP contribution in [0.15, 0.2) is 12.4 Å². The van der Waals surface area contributed by atoms with Crippen molar-refractivity contribution in [3.63, 3.8) is 0 Å². The Morgan fingerprint density at radius 3 is 2.35 bits per heavy atom. The van der Waals surface area contributed by atoms with E-state index in [0.29, 0.717) is 6.04 Å². The van der Waals surface area contributed by atoms with E-state index in [2.05, 4.69) is 34.5 Å². The fraction of sp³-hybridized carbons (Fsp3) is 0.842. The highest BCUT2D eigenvalue weighted by molar-refractivity contribution is 7.46. The van der Waals surface area contributed by atoms with Gasteiger partial charge in [0.2, 0.25) is 0 Å². The molecule has 0 saturated carbocycles. The minimum Gasteiger partial charge on any atom is -0.303 e. The van der Waals surface area contributed by atoms with Crippen LogP contribution in [0.1, 0.15) is 78.2 Å². The molecule has 0 bridgehead atoms. The first-order valence-electron chi connectivity index (χ1n) is 9.77.